The normalized spacial score (nSPS) is 19.0. The van der Waals surface area contributed by atoms with Crippen LogP contribution in [-0.2, 0) is 27.4 Å². The summed E-state index contributed by atoms with van der Waals surface area (Å²) >= 11 is 12.1. The molecule has 0 bridgehead atoms. The summed E-state index contributed by atoms with van der Waals surface area (Å²) in [6.07, 6.45) is 1.51. The van der Waals surface area contributed by atoms with Gasteiger partial charge in [0, 0.05) is 42.1 Å². The Kier molecular flexibility index (Phi) is 6.40. The number of nitrogens with zero attached hydrogens (tertiary/aromatic N) is 2. The summed E-state index contributed by atoms with van der Waals surface area (Å²) in [4.78, 5) is 32.0. The summed E-state index contributed by atoms with van der Waals surface area (Å²) < 4.78 is 6.09. The minimum Gasteiger partial charge on any atom is -0.376 e. The largest absolute Gasteiger partial charge is 0.376 e. The van der Waals surface area contributed by atoms with Crippen LogP contribution in [0.15, 0.2) is 60.8 Å². The van der Waals surface area contributed by atoms with E-state index in [0.29, 0.717) is 32.4 Å². The van der Waals surface area contributed by atoms with E-state index in [2.05, 4.69) is 10.3 Å². The Morgan fingerprint density at radius 2 is 1.82 bits per heavy atom. The van der Waals surface area contributed by atoms with E-state index in [1.54, 1.807) is 53.4 Å². The van der Waals surface area contributed by atoms with E-state index in [0.717, 1.165) is 0 Å². The Labute approximate surface area is 207 Å². The number of fused-ring (bicyclic) bond motifs is 1. The van der Waals surface area contributed by atoms with Crippen LogP contribution in [0.3, 0.4) is 0 Å². The van der Waals surface area contributed by atoms with Gasteiger partial charge in [-0.25, -0.2) is 0 Å². The van der Waals surface area contributed by atoms with Gasteiger partial charge in [-0.2, -0.15) is 0 Å². The maximum absolute atomic E-state index is 13.8. The van der Waals surface area contributed by atoms with E-state index in [4.69, 9.17) is 27.9 Å². The zero-order valence-corrected chi connectivity index (χ0v) is 20.3. The molecule has 3 aromatic rings. The first kappa shape index (κ1) is 24.2. The number of hydrogen-bond donors (Lipinski definition) is 2. The SMILES string of the molecule is CNC(=O)C(C)(O)c1ccc2c(c1)C(=O)N(Cc1ccc(Cl)cn1)[C@@]2(OC)c1ccc(Cl)cc1. The molecular formula is C25H23Cl2N3O4. The number of ether oxygens (including phenoxy) is 1. The lowest BCUT2D eigenvalue weighted by atomic mass is 9.88. The van der Waals surface area contributed by atoms with Gasteiger partial charge in [0.25, 0.3) is 11.8 Å². The number of halogens is 2. The second-order valence-corrected chi connectivity index (χ2v) is 9.00. The maximum Gasteiger partial charge on any atom is 0.257 e. The highest BCUT2D eigenvalue weighted by Gasteiger charge is 2.52. The molecule has 7 nitrogen and oxygen atoms in total. The molecule has 1 aliphatic rings. The summed E-state index contributed by atoms with van der Waals surface area (Å²) in [5.74, 6) is -0.922. The molecule has 1 aromatic heterocycles. The first-order valence-corrected chi connectivity index (χ1v) is 11.2. The molecule has 2 heterocycles. The third kappa shape index (κ3) is 3.84. The molecule has 1 aliphatic heterocycles. The van der Waals surface area contributed by atoms with Crippen molar-refractivity contribution in [3.63, 3.8) is 0 Å². The van der Waals surface area contributed by atoms with Crippen LogP contribution in [0.2, 0.25) is 10.0 Å². The fourth-order valence-corrected chi connectivity index (χ4v) is 4.54. The van der Waals surface area contributed by atoms with Crippen LogP contribution in [0, 0.1) is 0 Å². The lowest BCUT2D eigenvalue weighted by Crippen LogP contribution is -2.45. The van der Waals surface area contributed by atoms with Crippen LogP contribution >= 0.6 is 23.2 Å². The Bertz CT molecular complexity index is 1250. The molecule has 4 rings (SSSR count). The molecular weight excluding hydrogens is 477 g/mol. The van der Waals surface area contributed by atoms with Crippen LogP contribution in [-0.4, -0.2) is 41.0 Å². The van der Waals surface area contributed by atoms with Crippen molar-refractivity contribution < 1.29 is 19.4 Å². The maximum atomic E-state index is 13.8. The smallest absolute Gasteiger partial charge is 0.257 e. The highest BCUT2D eigenvalue weighted by Crippen LogP contribution is 2.46. The average molecular weight is 500 g/mol. The first-order valence-electron chi connectivity index (χ1n) is 10.5. The van der Waals surface area contributed by atoms with Crippen LogP contribution < -0.4 is 5.32 Å². The van der Waals surface area contributed by atoms with E-state index in [9.17, 15) is 14.7 Å². The third-order valence-electron chi connectivity index (χ3n) is 6.11. The van der Waals surface area contributed by atoms with Crippen molar-refractivity contribution in [3.05, 3.63) is 98.8 Å². The third-order valence-corrected chi connectivity index (χ3v) is 6.59. The summed E-state index contributed by atoms with van der Waals surface area (Å²) in [6.45, 7) is 1.51. The Balaban J connectivity index is 1.90. The van der Waals surface area contributed by atoms with E-state index in [1.807, 2.05) is 0 Å². The molecule has 0 radical (unpaired) electrons. The Morgan fingerprint density at radius 1 is 1.15 bits per heavy atom. The van der Waals surface area contributed by atoms with Gasteiger partial charge in [0.1, 0.15) is 0 Å². The van der Waals surface area contributed by atoms with Gasteiger partial charge < -0.3 is 15.2 Å². The summed E-state index contributed by atoms with van der Waals surface area (Å²) in [5, 5.41) is 14.3. The minimum atomic E-state index is -1.83. The number of aliphatic hydroxyl groups is 1. The number of rotatable bonds is 6. The van der Waals surface area contributed by atoms with Crippen LogP contribution in [0.4, 0.5) is 0 Å². The summed E-state index contributed by atoms with van der Waals surface area (Å²) in [5.41, 5.74) is -0.641. The number of carbonyl (C=O) groups is 2. The number of carbonyl (C=O) groups excluding carboxylic acids is 2. The number of likely N-dealkylation sites (N-methyl/N-ethyl adjacent to an activating group) is 1. The number of aromatic nitrogens is 1. The molecule has 0 spiro atoms. The van der Waals surface area contributed by atoms with Crippen molar-refractivity contribution in [2.24, 2.45) is 0 Å². The van der Waals surface area contributed by atoms with Gasteiger partial charge >= 0.3 is 0 Å². The van der Waals surface area contributed by atoms with E-state index < -0.39 is 17.2 Å². The van der Waals surface area contributed by atoms with Crippen LogP contribution in [0.1, 0.15) is 39.7 Å². The molecule has 1 unspecified atom stereocenters. The van der Waals surface area contributed by atoms with Crippen molar-refractivity contribution in [1.82, 2.24) is 15.2 Å². The fraction of sp³-hybridized carbons (Fsp3) is 0.240. The number of methoxy groups -OCH3 is 1. The standard InChI is InChI=1S/C25H23Cl2N3O4/c1-24(33,23(32)28-2)16-6-11-21-20(12-16)22(31)30(14-19-10-9-18(27)13-29-19)25(21,34-3)15-4-7-17(26)8-5-15/h4-13,33H,14H2,1-3H3,(H,28,32)/t24?,25-/m1/s1. The molecule has 2 atom stereocenters. The molecule has 0 saturated carbocycles. The number of amides is 2. The number of nitrogens with one attached hydrogen (secondary N) is 1. The Hall–Kier alpha value is -2.97. The van der Waals surface area contributed by atoms with Gasteiger partial charge in [0.05, 0.1) is 17.3 Å². The van der Waals surface area contributed by atoms with Gasteiger partial charge in [0.2, 0.25) is 0 Å². The highest BCUT2D eigenvalue weighted by molar-refractivity contribution is 6.30. The van der Waals surface area contributed by atoms with Gasteiger partial charge in [-0.05, 0) is 42.8 Å². The topological polar surface area (TPSA) is 91.8 Å². The second kappa shape index (κ2) is 9.00. The number of benzene rings is 2. The Morgan fingerprint density at radius 3 is 2.41 bits per heavy atom. The van der Waals surface area contributed by atoms with E-state index in [-0.39, 0.29) is 18.0 Å². The predicted octanol–water partition coefficient (Wildman–Crippen LogP) is 3.85. The van der Waals surface area contributed by atoms with Gasteiger partial charge in [-0.1, -0.05) is 47.5 Å². The van der Waals surface area contributed by atoms with Crippen molar-refractivity contribution in [2.45, 2.75) is 24.8 Å². The lowest BCUT2D eigenvalue weighted by Gasteiger charge is -2.38. The van der Waals surface area contributed by atoms with Gasteiger partial charge in [-0.3, -0.25) is 19.5 Å². The fourth-order valence-electron chi connectivity index (χ4n) is 4.30. The molecule has 9 heteroatoms. The molecule has 2 amide bonds. The molecule has 34 heavy (non-hydrogen) atoms. The summed E-state index contributed by atoms with van der Waals surface area (Å²) in [6, 6.07) is 15.3. The predicted molar refractivity (Wildman–Crippen MR) is 128 cm³/mol. The zero-order valence-electron chi connectivity index (χ0n) is 18.8. The van der Waals surface area contributed by atoms with Gasteiger partial charge in [0.15, 0.2) is 11.3 Å². The molecule has 176 valence electrons. The number of hydrogen-bond acceptors (Lipinski definition) is 5. The molecule has 2 aromatic carbocycles. The number of pyridine rings is 1. The van der Waals surface area contributed by atoms with Crippen molar-refractivity contribution in [3.8, 4) is 0 Å². The van der Waals surface area contributed by atoms with Crippen LogP contribution in [0.25, 0.3) is 0 Å². The second-order valence-electron chi connectivity index (χ2n) is 8.13. The van der Waals surface area contributed by atoms with E-state index in [1.165, 1.54) is 33.3 Å². The van der Waals surface area contributed by atoms with Gasteiger partial charge in [-0.15, -0.1) is 0 Å². The monoisotopic (exact) mass is 499 g/mol. The lowest BCUT2D eigenvalue weighted by molar-refractivity contribution is -0.138. The molecule has 0 aliphatic carbocycles. The van der Waals surface area contributed by atoms with Crippen molar-refractivity contribution in [1.29, 1.82) is 0 Å². The van der Waals surface area contributed by atoms with E-state index >= 15 is 0 Å². The molecule has 0 fully saturated rings. The highest BCUT2D eigenvalue weighted by atomic mass is 35.5. The quantitative estimate of drug-likeness (QED) is 0.537. The van der Waals surface area contributed by atoms with Crippen molar-refractivity contribution in [2.75, 3.05) is 14.2 Å². The molecule has 2 N–H and O–H groups in total. The minimum absolute atomic E-state index is 0.127. The van der Waals surface area contributed by atoms with Crippen molar-refractivity contribution >= 4 is 35.0 Å². The molecule has 0 saturated heterocycles. The average Bonchev–Trinajstić information content (AvgIpc) is 3.08. The summed E-state index contributed by atoms with van der Waals surface area (Å²) in [7, 11) is 2.96. The first-order chi connectivity index (χ1) is 16.1. The van der Waals surface area contributed by atoms with Crippen LogP contribution in [0.5, 0.6) is 0 Å². The zero-order chi connectivity index (χ0) is 24.7.